The van der Waals surface area contributed by atoms with Crippen molar-refractivity contribution >= 4 is 92.8 Å². The van der Waals surface area contributed by atoms with Crippen molar-refractivity contribution in [3.63, 3.8) is 0 Å². The standard InChI is InChI=1S/C40H31BN2Si/c1-44(2)31-25-36-38-37(26-31)43(30-17-7-4-8-18-30)40-33-20-12-10-14-28(33)22-24-35(40)41(38)34-23-21-27-13-9-11-19-32(27)39(34)42(36)29-15-5-3-6-16-29/h3-26,44H,1-2H3. The summed E-state index contributed by atoms with van der Waals surface area (Å²) in [7, 11) is -1.18. The van der Waals surface area contributed by atoms with Gasteiger partial charge in [-0.3, -0.25) is 0 Å². The number of hydrogen-bond acceptors (Lipinski definition) is 2. The molecular formula is C40H31BN2Si. The largest absolute Gasteiger partial charge is 0.311 e. The molecule has 0 atom stereocenters. The van der Waals surface area contributed by atoms with Crippen LogP contribution in [0.2, 0.25) is 13.1 Å². The topological polar surface area (TPSA) is 6.48 Å². The highest BCUT2D eigenvalue weighted by atomic mass is 28.3. The lowest BCUT2D eigenvalue weighted by Gasteiger charge is -2.45. The van der Waals surface area contributed by atoms with Gasteiger partial charge in [0.15, 0.2) is 0 Å². The highest BCUT2D eigenvalue weighted by Gasteiger charge is 2.44. The van der Waals surface area contributed by atoms with Crippen LogP contribution < -0.4 is 31.4 Å². The minimum Gasteiger partial charge on any atom is -0.311 e. The molecular weight excluding hydrogens is 547 g/mol. The number of rotatable bonds is 3. The first-order valence-corrected chi connectivity index (χ1v) is 18.5. The number of benzene rings is 7. The van der Waals surface area contributed by atoms with Gasteiger partial charge >= 0.3 is 0 Å². The van der Waals surface area contributed by atoms with Crippen LogP contribution in [0.15, 0.2) is 146 Å². The molecule has 0 amide bonds. The zero-order valence-corrected chi connectivity index (χ0v) is 26.1. The maximum absolute atomic E-state index is 2.56. The molecule has 0 bridgehead atoms. The molecule has 0 radical (unpaired) electrons. The summed E-state index contributed by atoms with van der Waals surface area (Å²) in [6.07, 6.45) is 0. The van der Waals surface area contributed by atoms with Crippen LogP contribution >= 0.6 is 0 Å². The van der Waals surface area contributed by atoms with Crippen LogP contribution in [0.25, 0.3) is 21.5 Å². The normalized spacial score (nSPS) is 13.3. The molecule has 7 aromatic carbocycles. The Kier molecular flexibility index (Phi) is 5.63. The summed E-state index contributed by atoms with van der Waals surface area (Å²) in [5.41, 5.74) is 11.7. The number of nitrogens with zero attached hydrogens (tertiary/aromatic N) is 2. The number of para-hydroxylation sites is 2. The molecule has 208 valence electrons. The molecule has 0 saturated heterocycles. The van der Waals surface area contributed by atoms with E-state index in [0.29, 0.717) is 0 Å². The third-order valence-corrected chi connectivity index (χ3v) is 11.2. The molecule has 0 fully saturated rings. The van der Waals surface area contributed by atoms with E-state index in [-0.39, 0.29) is 6.71 Å². The Bertz CT molecular complexity index is 2080. The van der Waals surface area contributed by atoms with E-state index >= 15 is 0 Å². The summed E-state index contributed by atoms with van der Waals surface area (Å²) < 4.78 is 0. The van der Waals surface area contributed by atoms with E-state index in [1.54, 1.807) is 0 Å². The molecule has 4 heteroatoms. The number of anilines is 6. The zero-order valence-electron chi connectivity index (χ0n) is 24.9. The number of fused-ring (bicyclic) bond motifs is 8. The Balaban J connectivity index is 1.48. The van der Waals surface area contributed by atoms with E-state index in [0.717, 1.165) is 0 Å². The average molecular weight is 579 g/mol. The molecule has 44 heavy (non-hydrogen) atoms. The Labute approximate surface area is 260 Å². The molecule has 7 aromatic rings. The maximum Gasteiger partial charge on any atom is 0.252 e. The smallest absolute Gasteiger partial charge is 0.252 e. The van der Waals surface area contributed by atoms with E-state index in [1.807, 2.05) is 0 Å². The predicted molar refractivity (Wildman–Crippen MR) is 194 cm³/mol. The lowest BCUT2D eigenvalue weighted by atomic mass is 9.33. The van der Waals surface area contributed by atoms with Gasteiger partial charge in [-0.25, -0.2) is 0 Å². The Morgan fingerprint density at radius 2 is 0.909 bits per heavy atom. The van der Waals surface area contributed by atoms with Crippen molar-refractivity contribution in [2.24, 2.45) is 0 Å². The first-order chi connectivity index (χ1) is 21.7. The van der Waals surface area contributed by atoms with Crippen molar-refractivity contribution in [2.45, 2.75) is 13.1 Å². The van der Waals surface area contributed by atoms with Gasteiger partial charge in [0.2, 0.25) is 0 Å². The van der Waals surface area contributed by atoms with Crippen molar-refractivity contribution < 1.29 is 0 Å². The first kappa shape index (κ1) is 25.4. The third-order valence-electron chi connectivity index (χ3n) is 9.56. The van der Waals surface area contributed by atoms with Crippen LogP contribution in [0.5, 0.6) is 0 Å². The zero-order chi connectivity index (χ0) is 29.4. The van der Waals surface area contributed by atoms with Crippen molar-refractivity contribution in [1.29, 1.82) is 0 Å². The summed E-state index contributed by atoms with van der Waals surface area (Å²) in [6, 6.07) is 54.2. The molecule has 0 unspecified atom stereocenters. The highest BCUT2D eigenvalue weighted by molar-refractivity contribution is 7.01. The fourth-order valence-electron chi connectivity index (χ4n) is 7.56. The Hall–Kier alpha value is -5.06. The second-order valence-corrected chi connectivity index (χ2v) is 15.3. The van der Waals surface area contributed by atoms with Crippen molar-refractivity contribution in [2.75, 3.05) is 9.80 Å². The lowest BCUT2D eigenvalue weighted by molar-refractivity contribution is 1.27. The second-order valence-electron chi connectivity index (χ2n) is 12.4. The van der Waals surface area contributed by atoms with Crippen molar-refractivity contribution in [3.8, 4) is 0 Å². The van der Waals surface area contributed by atoms with Crippen LogP contribution in [-0.4, -0.2) is 15.5 Å². The highest BCUT2D eigenvalue weighted by Crippen LogP contribution is 2.46. The van der Waals surface area contributed by atoms with E-state index in [4.69, 9.17) is 0 Å². The van der Waals surface area contributed by atoms with Crippen LogP contribution in [0.3, 0.4) is 0 Å². The molecule has 0 N–H and O–H groups in total. The average Bonchev–Trinajstić information content (AvgIpc) is 3.08. The van der Waals surface area contributed by atoms with Gasteiger partial charge in [0.25, 0.3) is 6.71 Å². The van der Waals surface area contributed by atoms with Gasteiger partial charge in [0.05, 0.1) is 8.80 Å². The van der Waals surface area contributed by atoms with Crippen LogP contribution in [-0.2, 0) is 0 Å². The third kappa shape index (κ3) is 3.61. The monoisotopic (exact) mass is 578 g/mol. The van der Waals surface area contributed by atoms with E-state index in [9.17, 15) is 0 Å². The summed E-state index contributed by atoms with van der Waals surface area (Å²) in [5.74, 6) is 0. The van der Waals surface area contributed by atoms with Crippen LogP contribution in [0.4, 0.5) is 34.1 Å². The second kappa shape index (κ2) is 9.73. The molecule has 0 aromatic heterocycles. The molecule has 2 aliphatic heterocycles. The Morgan fingerprint density at radius 3 is 1.36 bits per heavy atom. The van der Waals surface area contributed by atoms with Gasteiger partial charge in [-0.1, -0.05) is 127 Å². The fraction of sp³-hybridized carbons (Fsp3) is 0.0500. The van der Waals surface area contributed by atoms with Gasteiger partial charge in [-0.15, -0.1) is 0 Å². The number of hydrogen-bond donors (Lipinski definition) is 0. The molecule has 2 heterocycles. The minimum atomic E-state index is -1.18. The summed E-state index contributed by atoms with van der Waals surface area (Å²) >= 11 is 0. The van der Waals surface area contributed by atoms with Gasteiger partial charge < -0.3 is 9.80 Å². The molecule has 0 aliphatic carbocycles. The molecule has 2 aliphatic rings. The van der Waals surface area contributed by atoms with Gasteiger partial charge in [-0.2, -0.15) is 0 Å². The van der Waals surface area contributed by atoms with E-state index in [1.165, 1.54) is 77.2 Å². The van der Waals surface area contributed by atoms with Gasteiger partial charge in [0.1, 0.15) is 0 Å². The molecule has 0 spiro atoms. The molecule has 2 nitrogen and oxygen atoms in total. The molecule has 9 rings (SSSR count). The van der Waals surface area contributed by atoms with Crippen molar-refractivity contribution in [1.82, 2.24) is 0 Å². The van der Waals surface area contributed by atoms with Gasteiger partial charge in [0, 0.05) is 44.9 Å². The van der Waals surface area contributed by atoms with E-state index in [2.05, 4.69) is 168 Å². The lowest BCUT2D eigenvalue weighted by Crippen LogP contribution is -2.62. The minimum absolute atomic E-state index is 0.113. The summed E-state index contributed by atoms with van der Waals surface area (Å²) in [5, 5.41) is 6.60. The van der Waals surface area contributed by atoms with Crippen LogP contribution in [0, 0.1) is 0 Å². The summed E-state index contributed by atoms with van der Waals surface area (Å²) in [4.78, 5) is 5.12. The van der Waals surface area contributed by atoms with Crippen molar-refractivity contribution in [3.05, 3.63) is 146 Å². The van der Waals surface area contributed by atoms with Gasteiger partial charge in [-0.05, 0) is 63.6 Å². The van der Waals surface area contributed by atoms with E-state index < -0.39 is 8.80 Å². The molecule has 0 saturated carbocycles. The maximum atomic E-state index is 2.56. The SMILES string of the molecule is C[SiH](C)c1cc2c3c(c1)N(c1ccccc1)c1c(ccc4ccccc14)B3c1ccc3ccccc3c1N2c1ccccc1. The van der Waals surface area contributed by atoms with Crippen LogP contribution in [0.1, 0.15) is 0 Å². The summed E-state index contributed by atoms with van der Waals surface area (Å²) in [6.45, 7) is 5.01. The first-order valence-electron chi connectivity index (χ1n) is 15.6. The predicted octanol–water partition coefficient (Wildman–Crippen LogP) is 7.77. The Morgan fingerprint density at radius 1 is 0.477 bits per heavy atom. The quantitative estimate of drug-likeness (QED) is 0.198. The fourth-order valence-corrected chi connectivity index (χ4v) is 8.54.